The third-order valence-corrected chi connectivity index (χ3v) is 3.37. The van der Waals surface area contributed by atoms with Gasteiger partial charge in [0.1, 0.15) is 5.41 Å². The lowest BCUT2D eigenvalue weighted by Crippen LogP contribution is -2.44. The first kappa shape index (κ1) is 13.2. The van der Waals surface area contributed by atoms with E-state index in [0.29, 0.717) is 19.4 Å². The van der Waals surface area contributed by atoms with E-state index in [1.807, 2.05) is 13.8 Å². The van der Waals surface area contributed by atoms with Gasteiger partial charge in [-0.2, -0.15) is 0 Å². The van der Waals surface area contributed by atoms with Gasteiger partial charge in [-0.25, -0.2) is 0 Å². The second-order valence-corrected chi connectivity index (χ2v) is 4.88. The molecule has 16 heavy (non-hydrogen) atoms. The van der Waals surface area contributed by atoms with Crippen LogP contribution in [-0.2, 0) is 14.3 Å². The van der Waals surface area contributed by atoms with Crippen LogP contribution in [0.1, 0.15) is 52.9 Å². The van der Waals surface area contributed by atoms with Gasteiger partial charge in [-0.1, -0.05) is 33.1 Å². The van der Waals surface area contributed by atoms with Crippen LogP contribution in [0.5, 0.6) is 0 Å². The Morgan fingerprint density at radius 3 is 2.19 bits per heavy atom. The van der Waals surface area contributed by atoms with Crippen LogP contribution in [0, 0.1) is 11.3 Å². The first-order valence-electron chi connectivity index (χ1n) is 6.26. The highest BCUT2D eigenvalue weighted by Crippen LogP contribution is 2.40. The lowest BCUT2D eigenvalue weighted by Gasteiger charge is -2.34. The number of esters is 1. The van der Waals surface area contributed by atoms with E-state index in [4.69, 9.17) is 4.74 Å². The number of carbonyl (C=O) groups is 2. The lowest BCUT2D eigenvalue weighted by molar-refractivity contribution is -0.163. The number of hydrogen-bond donors (Lipinski definition) is 0. The average Bonchev–Trinajstić information content (AvgIpc) is 2.29. The minimum Gasteiger partial charge on any atom is -0.465 e. The Bertz CT molecular complexity index is 262. The van der Waals surface area contributed by atoms with Crippen LogP contribution in [0.3, 0.4) is 0 Å². The van der Waals surface area contributed by atoms with E-state index in [0.717, 1.165) is 19.3 Å². The molecule has 1 rings (SSSR count). The number of hydrogen-bond acceptors (Lipinski definition) is 3. The topological polar surface area (TPSA) is 43.4 Å². The normalized spacial score (nSPS) is 19.5. The van der Waals surface area contributed by atoms with Crippen molar-refractivity contribution < 1.29 is 14.3 Å². The third-order valence-electron chi connectivity index (χ3n) is 3.37. The minimum absolute atomic E-state index is 0.0608. The molecule has 0 aromatic carbocycles. The van der Waals surface area contributed by atoms with Crippen molar-refractivity contribution in [3.63, 3.8) is 0 Å². The molecule has 3 heteroatoms. The Balaban J connectivity index is 2.91. The van der Waals surface area contributed by atoms with E-state index in [-0.39, 0.29) is 17.7 Å². The molecule has 1 fully saturated rings. The van der Waals surface area contributed by atoms with Crippen LogP contribution in [-0.4, -0.2) is 18.4 Å². The van der Waals surface area contributed by atoms with Gasteiger partial charge in [-0.05, 0) is 19.8 Å². The van der Waals surface area contributed by atoms with Gasteiger partial charge in [0.2, 0.25) is 0 Å². The molecule has 0 saturated heterocycles. The average molecular weight is 226 g/mol. The summed E-state index contributed by atoms with van der Waals surface area (Å²) in [6, 6.07) is 0. The zero-order valence-electron chi connectivity index (χ0n) is 10.5. The molecule has 92 valence electrons. The van der Waals surface area contributed by atoms with Crippen LogP contribution in [0.15, 0.2) is 0 Å². The summed E-state index contributed by atoms with van der Waals surface area (Å²) in [7, 11) is 0. The van der Waals surface area contributed by atoms with Gasteiger partial charge < -0.3 is 4.74 Å². The first-order valence-corrected chi connectivity index (χ1v) is 6.26. The van der Waals surface area contributed by atoms with Crippen LogP contribution in [0.25, 0.3) is 0 Å². The minimum atomic E-state index is -0.831. The predicted molar refractivity (Wildman–Crippen MR) is 62.0 cm³/mol. The van der Waals surface area contributed by atoms with Crippen LogP contribution >= 0.6 is 0 Å². The molecule has 1 saturated carbocycles. The highest BCUT2D eigenvalue weighted by molar-refractivity contribution is 6.04. The molecule has 0 aromatic rings. The summed E-state index contributed by atoms with van der Waals surface area (Å²) in [5, 5.41) is 0. The van der Waals surface area contributed by atoms with Crippen molar-refractivity contribution in [3.05, 3.63) is 0 Å². The van der Waals surface area contributed by atoms with Gasteiger partial charge in [0.25, 0.3) is 0 Å². The van der Waals surface area contributed by atoms with E-state index < -0.39 is 5.41 Å². The fourth-order valence-electron chi connectivity index (χ4n) is 2.53. The Kier molecular flexibility index (Phi) is 4.51. The molecule has 0 atom stereocenters. The fourth-order valence-corrected chi connectivity index (χ4v) is 2.53. The van der Waals surface area contributed by atoms with Gasteiger partial charge in [-0.3, -0.25) is 9.59 Å². The van der Waals surface area contributed by atoms with Crippen LogP contribution in [0.2, 0.25) is 0 Å². The van der Waals surface area contributed by atoms with Gasteiger partial charge >= 0.3 is 5.97 Å². The van der Waals surface area contributed by atoms with Gasteiger partial charge in [0.05, 0.1) is 6.61 Å². The molecule has 0 bridgehead atoms. The molecule has 0 unspecified atom stereocenters. The van der Waals surface area contributed by atoms with Crippen molar-refractivity contribution in [2.24, 2.45) is 11.3 Å². The van der Waals surface area contributed by atoms with E-state index in [9.17, 15) is 9.59 Å². The van der Waals surface area contributed by atoms with Crippen molar-refractivity contribution in [3.8, 4) is 0 Å². The smallest absolute Gasteiger partial charge is 0.319 e. The molecule has 0 radical (unpaired) electrons. The van der Waals surface area contributed by atoms with Gasteiger partial charge in [0, 0.05) is 5.92 Å². The van der Waals surface area contributed by atoms with E-state index in [1.54, 1.807) is 6.92 Å². The lowest BCUT2D eigenvalue weighted by atomic mass is 9.68. The standard InChI is InChI=1S/C13H22O3/c1-4-16-12(15)13(11(14)10(2)3)8-6-5-7-9-13/h10H,4-9H2,1-3H3. The zero-order valence-corrected chi connectivity index (χ0v) is 10.5. The largest absolute Gasteiger partial charge is 0.465 e. The molecule has 1 aliphatic carbocycles. The maximum atomic E-state index is 12.2. The van der Waals surface area contributed by atoms with Crippen molar-refractivity contribution >= 4 is 11.8 Å². The maximum absolute atomic E-state index is 12.2. The molecule has 0 spiro atoms. The second kappa shape index (κ2) is 5.46. The van der Waals surface area contributed by atoms with E-state index in [2.05, 4.69) is 0 Å². The molecule has 0 aliphatic heterocycles. The fraction of sp³-hybridized carbons (Fsp3) is 0.846. The molecule has 0 amide bonds. The summed E-state index contributed by atoms with van der Waals surface area (Å²) >= 11 is 0. The van der Waals surface area contributed by atoms with Crippen molar-refractivity contribution in [2.45, 2.75) is 52.9 Å². The molecule has 0 heterocycles. The Hall–Kier alpha value is -0.860. The van der Waals surface area contributed by atoms with Crippen LogP contribution in [0.4, 0.5) is 0 Å². The SMILES string of the molecule is CCOC(=O)C1(C(=O)C(C)C)CCCCC1. The Labute approximate surface area is 97.5 Å². The second-order valence-electron chi connectivity index (χ2n) is 4.88. The quantitative estimate of drug-likeness (QED) is 0.547. The number of rotatable bonds is 4. The molecular weight excluding hydrogens is 204 g/mol. The van der Waals surface area contributed by atoms with Crippen molar-refractivity contribution in [1.82, 2.24) is 0 Å². The summed E-state index contributed by atoms with van der Waals surface area (Å²) in [6.07, 6.45) is 4.37. The number of ketones is 1. The number of ether oxygens (including phenoxy) is 1. The van der Waals surface area contributed by atoms with E-state index in [1.165, 1.54) is 0 Å². The molecule has 1 aliphatic rings. The molecular formula is C13H22O3. The third kappa shape index (κ3) is 2.45. The summed E-state index contributed by atoms with van der Waals surface area (Å²) in [5.74, 6) is -0.332. The van der Waals surface area contributed by atoms with Gasteiger partial charge in [0.15, 0.2) is 5.78 Å². The number of carbonyl (C=O) groups excluding carboxylic acids is 2. The monoisotopic (exact) mass is 226 g/mol. The summed E-state index contributed by atoms with van der Waals surface area (Å²) in [4.78, 5) is 24.3. The number of Topliss-reactive ketones (excluding diaryl/α,β-unsaturated/α-hetero) is 1. The molecule has 0 N–H and O–H groups in total. The maximum Gasteiger partial charge on any atom is 0.319 e. The molecule has 3 nitrogen and oxygen atoms in total. The molecule has 0 aromatic heterocycles. The van der Waals surface area contributed by atoms with Crippen molar-refractivity contribution in [2.75, 3.05) is 6.61 Å². The summed E-state index contributed by atoms with van der Waals surface area (Å²) in [6.45, 7) is 5.86. The Morgan fingerprint density at radius 1 is 1.19 bits per heavy atom. The van der Waals surface area contributed by atoms with Crippen LogP contribution < -0.4 is 0 Å². The predicted octanol–water partition coefficient (Wildman–Crippen LogP) is 2.73. The summed E-state index contributed by atoms with van der Waals surface area (Å²) < 4.78 is 5.10. The summed E-state index contributed by atoms with van der Waals surface area (Å²) in [5.41, 5.74) is -0.831. The highest BCUT2D eigenvalue weighted by atomic mass is 16.5. The van der Waals surface area contributed by atoms with Crippen molar-refractivity contribution in [1.29, 1.82) is 0 Å². The van der Waals surface area contributed by atoms with Gasteiger partial charge in [-0.15, -0.1) is 0 Å². The zero-order chi connectivity index (χ0) is 12.2. The highest BCUT2D eigenvalue weighted by Gasteiger charge is 2.47. The van der Waals surface area contributed by atoms with E-state index >= 15 is 0 Å². The first-order chi connectivity index (χ1) is 7.54. The Morgan fingerprint density at radius 2 is 1.75 bits per heavy atom.